The van der Waals surface area contributed by atoms with Crippen LogP contribution in [0.15, 0.2) is 0 Å². The van der Waals surface area contributed by atoms with Gasteiger partial charge in [-0.25, -0.2) is 5.09 Å². The molecule has 0 aliphatic carbocycles. The average Bonchev–Trinajstić information content (AvgIpc) is 2.56. The first-order valence-corrected chi connectivity index (χ1v) is 11.2. The predicted molar refractivity (Wildman–Crippen MR) is 103 cm³/mol. The lowest BCUT2D eigenvalue weighted by molar-refractivity contribution is 0.309. The zero-order chi connectivity index (χ0) is 17.0. The van der Waals surface area contributed by atoms with Crippen LogP contribution in [0.1, 0.15) is 90.4 Å². The van der Waals surface area contributed by atoms with Crippen LogP contribution in [0, 0.1) is 0 Å². The van der Waals surface area contributed by atoms with Gasteiger partial charge in [0.2, 0.25) is 0 Å². The van der Waals surface area contributed by atoms with E-state index in [0.717, 1.165) is 25.9 Å². The van der Waals surface area contributed by atoms with Crippen LogP contribution in [0.25, 0.3) is 0 Å². The van der Waals surface area contributed by atoms with E-state index < -0.39 is 8.18 Å². The third-order valence-electron chi connectivity index (χ3n) is 4.10. The topological polar surface area (TPSA) is 50.4 Å². The summed E-state index contributed by atoms with van der Waals surface area (Å²) in [4.78, 5) is 0. The number of hydrogen-bond acceptors (Lipinski definition) is 3. The fourth-order valence-electron chi connectivity index (χ4n) is 2.61. The van der Waals surface area contributed by atoms with Gasteiger partial charge >= 0.3 is 0 Å². The molecular formula is C18H41N2O2P. The van der Waals surface area contributed by atoms with Gasteiger partial charge < -0.3 is 9.84 Å². The number of rotatable bonds is 19. The SMILES string of the molecule is CCCCCCCCCCCCCCO[PH](=O)NCCCNC. The van der Waals surface area contributed by atoms with Crippen LogP contribution in [0.5, 0.6) is 0 Å². The first-order chi connectivity index (χ1) is 11.3. The van der Waals surface area contributed by atoms with Crippen molar-refractivity contribution in [3.05, 3.63) is 0 Å². The van der Waals surface area contributed by atoms with Gasteiger partial charge in [-0.05, 0) is 26.4 Å². The number of nitrogens with one attached hydrogen (secondary N) is 2. The molecule has 140 valence electrons. The predicted octanol–water partition coefficient (Wildman–Crippen LogP) is 5.29. The normalized spacial score (nSPS) is 12.6. The smallest absolute Gasteiger partial charge is 0.258 e. The Balaban J connectivity index is 3.08. The second kappa shape index (κ2) is 20.2. The molecule has 23 heavy (non-hydrogen) atoms. The van der Waals surface area contributed by atoms with E-state index in [1.807, 2.05) is 7.05 Å². The molecule has 0 aliphatic rings. The fourth-order valence-corrected chi connectivity index (χ4v) is 3.43. The maximum Gasteiger partial charge on any atom is 0.258 e. The van der Waals surface area contributed by atoms with Crippen LogP contribution in [-0.4, -0.2) is 26.7 Å². The minimum Gasteiger partial charge on any atom is -0.320 e. The molecule has 0 aromatic heterocycles. The van der Waals surface area contributed by atoms with Crippen molar-refractivity contribution in [2.24, 2.45) is 0 Å². The molecule has 0 saturated heterocycles. The van der Waals surface area contributed by atoms with Crippen molar-refractivity contribution >= 4 is 8.18 Å². The van der Waals surface area contributed by atoms with Crippen molar-refractivity contribution in [3.8, 4) is 0 Å². The molecule has 2 N–H and O–H groups in total. The molecule has 1 atom stereocenters. The van der Waals surface area contributed by atoms with E-state index in [2.05, 4.69) is 17.3 Å². The molecule has 0 aromatic carbocycles. The highest BCUT2D eigenvalue weighted by atomic mass is 31.1. The zero-order valence-corrected chi connectivity index (χ0v) is 16.6. The summed E-state index contributed by atoms with van der Waals surface area (Å²) in [5.41, 5.74) is 0. The molecular weight excluding hydrogens is 307 g/mol. The van der Waals surface area contributed by atoms with E-state index in [1.165, 1.54) is 70.6 Å². The summed E-state index contributed by atoms with van der Waals surface area (Å²) in [6.45, 7) is 4.61. The molecule has 0 aliphatic heterocycles. The molecule has 0 fully saturated rings. The molecule has 0 saturated carbocycles. The molecule has 0 aromatic rings. The van der Waals surface area contributed by atoms with Crippen LogP contribution < -0.4 is 10.4 Å². The first-order valence-electron chi connectivity index (χ1n) is 9.86. The van der Waals surface area contributed by atoms with Crippen LogP contribution >= 0.6 is 8.18 Å². The number of hydrogen-bond donors (Lipinski definition) is 2. The molecule has 0 rings (SSSR count). The summed E-state index contributed by atoms with van der Waals surface area (Å²) in [5.74, 6) is 0. The molecule has 0 spiro atoms. The molecule has 0 radical (unpaired) electrons. The minimum absolute atomic E-state index is 0.633. The third kappa shape index (κ3) is 20.1. The van der Waals surface area contributed by atoms with Crippen LogP contribution in [0.3, 0.4) is 0 Å². The Kier molecular flexibility index (Phi) is 20.3. The van der Waals surface area contributed by atoms with E-state index in [9.17, 15) is 4.57 Å². The molecule has 1 unspecified atom stereocenters. The lowest BCUT2D eigenvalue weighted by atomic mass is 10.1. The van der Waals surface area contributed by atoms with Crippen molar-refractivity contribution in [1.82, 2.24) is 10.4 Å². The highest BCUT2D eigenvalue weighted by Gasteiger charge is 1.98. The third-order valence-corrected chi connectivity index (χ3v) is 5.11. The van der Waals surface area contributed by atoms with Crippen molar-refractivity contribution in [2.45, 2.75) is 90.4 Å². The monoisotopic (exact) mass is 348 g/mol. The largest absolute Gasteiger partial charge is 0.320 e. The Morgan fingerprint density at radius 1 is 0.739 bits per heavy atom. The molecule has 0 heterocycles. The van der Waals surface area contributed by atoms with E-state index in [1.54, 1.807) is 0 Å². The van der Waals surface area contributed by atoms with Gasteiger partial charge in [-0.1, -0.05) is 77.6 Å². The summed E-state index contributed by atoms with van der Waals surface area (Å²) in [7, 11) is -0.0880. The maximum atomic E-state index is 11.5. The molecule has 0 bridgehead atoms. The molecule has 4 nitrogen and oxygen atoms in total. The lowest BCUT2D eigenvalue weighted by Gasteiger charge is -2.06. The summed E-state index contributed by atoms with van der Waals surface area (Å²) in [6.07, 6.45) is 17.0. The van der Waals surface area contributed by atoms with Crippen LogP contribution in [0.2, 0.25) is 0 Å². The van der Waals surface area contributed by atoms with Crippen molar-refractivity contribution in [2.75, 3.05) is 26.7 Å². The van der Waals surface area contributed by atoms with Gasteiger partial charge in [0, 0.05) is 6.54 Å². The highest BCUT2D eigenvalue weighted by Crippen LogP contribution is 2.17. The summed E-state index contributed by atoms with van der Waals surface area (Å²) in [5, 5.41) is 6.01. The Hall–Kier alpha value is 0.110. The molecule has 0 amide bonds. The van der Waals surface area contributed by atoms with Gasteiger partial charge in [0.15, 0.2) is 0 Å². The Morgan fingerprint density at radius 2 is 1.26 bits per heavy atom. The second-order valence-corrected chi connectivity index (χ2v) is 7.63. The van der Waals surface area contributed by atoms with Crippen molar-refractivity contribution in [1.29, 1.82) is 0 Å². The Bertz CT molecular complexity index is 253. The minimum atomic E-state index is -2.01. The number of unbranched alkanes of at least 4 members (excludes halogenated alkanes) is 11. The van der Waals surface area contributed by atoms with Gasteiger partial charge in [-0.15, -0.1) is 0 Å². The van der Waals surface area contributed by atoms with Gasteiger partial charge in [0.05, 0.1) is 6.61 Å². The van der Waals surface area contributed by atoms with E-state index in [4.69, 9.17) is 4.52 Å². The standard InChI is InChI=1S/C18H41N2O2P/c1-3-4-5-6-7-8-9-10-11-12-13-14-18-22-23(21)20-17-15-16-19-2/h19,23H,3-18H2,1-2H3,(H,20,21). The van der Waals surface area contributed by atoms with E-state index >= 15 is 0 Å². The summed E-state index contributed by atoms with van der Waals surface area (Å²) in [6, 6.07) is 0. The maximum absolute atomic E-state index is 11.5. The van der Waals surface area contributed by atoms with E-state index in [0.29, 0.717) is 6.61 Å². The van der Waals surface area contributed by atoms with Gasteiger partial charge in [-0.3, -0.25) is 4.57 Å². The molecule has 5 heteroatoms. The quantitative estimate of drug-likeness (QED) is 0.246. The Morgan fingerprint density at radius 3 is 1.78 bits per heavy atom. The van der Waals surface area contributed by atoms with Gasteiger partial charge in [0.25, 0.3) is 8.18 Å². The average molecular weight is 349 g/mol. The van der Waals surface area contributed by atoms with Crippen LogP contribution in [0.4, 0.5) is 0 Å². The summed E-state index contributed by atoms with van der Waals surface area (Å²) >= 11 is 0. The Labute approximate surface area is 145 Å². The van der Waals surface area contributed by atoms with Gasteiger partial charge in [0.1, 0.15) is 0 Å². The summed E-state index contributed by atoms with van der Waals surface area (Å²) < 4.78 is 16.9. The van der Waals surface area contributed by atoms with Crippen molar-refractivity contribution in [3.63, 3.8) is 0 Å². The van der Waals surface area contributed by atoms with Gasteiger partial charge in [-0.2, -0.15) is 0 Å². The highest BCUT2D eigenvalue weighted by molar-refractivity contribution is 7.36. The zero-order valence-electron chi connectivity index (χ0n) is 15.6. The first kappa shape index (κ1) is 23.1. The lowest BCUT2D eigenvalue weighted by Crippen LogP contribution is -2.15. The fraction of sp³-hybridized carbons (Fsp3) is 1.00. The second-order valence-electron chi connectivity index (χ2n) is 6.41. The van der Waals surface area contributed by atoms with Crippen molar-refractivity contribution < 1.29 is 9.09 Å². The van der Waals surface area contributed by atoms with E-state index in [-0.39, 0.29) is 0 Å². The van der Waals surface area contributed by atoms with Crippen LogP contribution in [-0.2, 0) is 9.09 Å².